The average Bonchev–Trinajstić information content (AvgIpc) is 3.30. The number of para-hydroxylation sites is 3. The molecule has 9 nitrogen and oxygen atoms in total. The second-order valence-electron chi connectivity index (χ2n) is 7.85. The normalized spacial score (nSPS) is 14.2. The van der Waals surface area contributed by atoms with Crippen molar-refractivity contribution in [2.45, 2.75) is 6.43 Å². The average molecular weight is 475 g/mol. The van der Waals surface area contributed by atoms with Gasteiger partial charge in [0.2, 0.25) is 11.9 Å². The molecule has 0 saturated carbocycles. The van der Waals surface area contributed by atoms with Gasteiger partial charge in [-0.25, -0.2) is 13.8 Å². The van der Waals surface area contributed by atoms with E-state index in [-0.39, 0.29) is 12.0 Å². The summed E-state index contributed by atoms with van der Waals surface area (Å²) in [7, 11) is 0. The number of benzene rings is 2. The Labute approximate surface area is 198 Å². The van der Waals surface area contributed by atoms with Crippen LogP contribution in [-0.2, 0) is 4.74 Å². The molecule has 6 rings (SSSR count). The maximum Gasteiger partial charge on any atom is 0.328 e. The van der Waals surface area contributed by atoms with Gasteiger partial charge in [-0.15, -0.1) is 0 Å². The Morgan fingerprint density at radius 2 is 1.66 bits per heavy atom. The molecule has 176 valence electrons. The number of rotatable bonds is 5. The lowest BCUT2D eigenvalue weighted by Gasteiger charge is -2.27. The van der Waals surface area contributed by atoms with Gasteiger partial charge in [0, 0.05) is 24.7 Å². The number of fused-ring (bicyclic) bond motifs is 2. The topological polar surface area (TPSA) is 91.1 Å². The zero-order valence-corrected chi connectivity index (χ0v) is 18.4. The Bertz CT molecular complexity index is 1510. The molecule has 0 bridgehead atoms. The molecule has 1 aliphatic rings. The molecule has 1 saturated heterocycles. The second-order valence-corrected chi connectivity index (χ2v) is 7.85. The van der Waals surface area contributed by atoms with E-state index in [9.17, 15) is 8.78 Å². The number of alkyl halides is 2. The lowest BCUT2D eigenvalue weighted by molar-refractivity contribution is 0.122. The van der Waals surface area contributed by atoms with Crippen molar-refractivity contribution in [3.05, 3.63) is 66.6 Å². The summed E-state index contributed by atoms with van der Waals surface area (Å²) in [6.07, 6.45) is -1.17. The number of imidazole rings is 1. The molecule has 0 radical (unpaired) electrons. The molecule has 0 N–H and O–H groups in total. The van der Waals surface area contributed by atoms with Gasteiger partial charge in [0.15, 0.2) is 11.6 Å². The number of hydrogen-bond acceptors (Lipinski definition) is 8. The molecule has 0 spiro atoms. The van der Waals surface area contributed by atoms with Gasteiger partial charge in [-0.1, -0.05) is 30.3 Å². The van der Waals surface area contributed by atoms with Crippen molar-refractivity contribution >= 4 is 27.9 Å². The smallest absolute Gasteiger partial charge is 0.328 e. The molecule has 35 heavy (non-hydrogen) atoms. The number of pyridine rings is 1. The summed E-state index contributed by atoms with van der Waals surface area (Å²) in [6.45, 7) is 2.09. The highest BCUT2D eigenvalue weighted by atomic mass is 19.3. The number of hydrogen-bond donors (Lipinski definition) is 0. The molecular formula is C24H19F2N7O2. The van der Waals surface area contributed by atoms with Crippen molar-refractivity contribution in [3.63, 3.8) is 0 Å². The van der Waals surface area contributed by atoms with Crippen molar-refractivity contribution < 1.29 is 18.3 Å². The molecule has 4 heterocycles. The fourth-order valence-corrected chi connectivity index (χ4v) is 4.04. The molecule has 1 aliphatic heterocycles. The maximum absolute atomic E-state index is 14.0. The Morgan fingerprint density at radius 1 is 0.857 bits per heavy atom. The Hall–Kier alpha value is -4.25. The van der Waals surface area contributed by atoms with Crippen molar-refractivity contribution in [2.24, 2.45) is 0 Å². The monoisotopic (exact) mass is 475 g/mol. The molecule has 0 amide bonds. The Kier molecular flexibility index (Phi) is 5.38. The van der Waals surface area contributed by atoms with E-state index in [1.54, 1.807) is 36.5 Å². The van der Waals surface area contributed by atoms with Crippen LogP contribution in [0, 0.1) is 0 Å². The van der Waals surface area contributed by atoms with Gasteiger partial charge in [-0.2, -0.15) is 15.0 Å². The lowest BCUT2D eigenvalue weighted by Crippen LogP contribution is -2.37. The van der Waals surface area contributed by atoms with Crippen LogP contribution in [0.5, 0.6) is 11.8 Å². The molecule has 1 fully saturated rings. The predicted octanol–water partition coefficient (Wildman–Crippen LogP) is 4.33. The first-order valence-corrected chi connectivity index (χ1v) is 11.0. The highest BCUT2D eigenvalue weighted by Crippen LogP contribution is 2.30. The number of nitrogens with zero attached hydrogens (tertiary/aromatic N) is 7. The van der Waals surface area contributed by atoms with Crippen LogP contribution in [0.4, 0.5) is 14.7 Å². The van der Waals surface area contributed by atoms with E-state index in [0.29, 0.717) is 54.6 Å². The molecule has 3 aromatic heterocycles. The van der Waals surface area contributed by atoms with Gasteiger partial charge < -0.3 is 14.4 Å². The van der Waals surface area contributed by atoms with Gasteiger partial charge in [0.25, 0.3) is 6.43 Å². The third kappa shape index (κ3) is 3.99. The summed E-state index contributed by atoms with van der Waals surface area (Å²) in [5.74, 6) is 0.286. The Balaban J connectivity index is 1.52. The quantitative estimate of drug-likeness (QED) is 0.371. The van der Waals surface area contributed by atoms with E-state index < -0.39 is 12.2 Å². The van der Waals surface area contributed by atoms with Crippen LogP contribution in [0.2, 0.25) is 0 Å². The van der Waals surface area contributed by atoms with Crippen LogP contribution in [0.25, 0.3) is 27.9 Å². The molecule has 5 aromatic rings. The number of ether oxygens (including phenoxy) is 2. The summed E-state index contributed by atoms with van der Waals surface area (Å²) in [4.78, 5) is 23.9. The summed E-state index contributed by atoms with van der Waals surface area (Å²) < 4.78 is 40.8. The van der Waals surface area contributed by atoms with E-state index in [2.05, 4.69) is 24.9 Å². The van der Waals surface area contributed by atoms with Crippen LogP contribution in [0.15, 0.2) is 60.8 Å². The highest BCUT2D eigenvalue weighted by Gasteiger charge is 2.25. The fraction of sp³-hybridized carbons (Fsp3) is 0.208. The zero-order chi connectivity index (χ0) is 23.8. The van der Waals surface area contributed by atoms with E-state index in [1.807, 2.05) is 29.2 Å². The second kappa shape index (κ2) is 8.84. The van der Waals surface area contributed by atoms with Crippen LogP contribution in [0.1, 0.15) is 12.2 Å². The van der Waals surface area contributed by atoms with E-state index >= 15 is 0 Å². The van der Waals surface area contributed by atoms with Crippen molar-refractivity contribution in [2.75, 3.05) is 31.2 Å². The maximum atomic E-state index is 14.0. The van der Waals surface area contributed by atoms with Crippen LogP contribution in [0.3, 0.4) is 0 Å². The minimum atomic E-state index is -2.84. The number of halogens is 2. The minimum absolute atomic E-state index is 0.00584. The van der Waals surface area contributed by atoms with Crippen molar-refractivity contribution in [1.82, 2.24) is 29.5 Å². The number of morpholine rings is 1. The van der Waals surface area contributed by atoms with E-state index in [0.717, 1.165) is 5.39 Å². The molecular weight excluding hydrogens is 456 g/mol. The summed E-state index contributed by atoms with van der Waals surface area (Å²) >= 11 is 0. The molecule has 2 aromatic carbocycles. The van der Waals surface area contributed by atoms with Crippen LogP contribution in [-0.4, -0.2) is 55.8 Å². The van der Waals surface area contributed by atoms with Gasteiger partial charge >= 0.3 is 6.01 Å². The van der Waals surface area contributed by atoms with Gasteiger partial charge in [0.1, 0.15) is 5.52 Å². The first-order valence-electron chi connectivity index (χ1n) is 11.0. The van der Waals surface area contributed by atoms with E-state index in [4.69, 9.17) is 9.47 Å². The number of anilines is 1. The third-order valence-corrected chi connectivity index (χ3v) is 5.66. The molecule has 0 aliphatic carbocycles. The summed E-state index contributed by atoms with van der Waals surface area (Å²) in [5.41, 5.74) is 1.50. The molecule has 0 unspecified atom stereocenters. The zero-order valence-electron chi connectivity index (χ0n) is 18.4. The minimum Gasteiger partial charge on any atom is -0.422 e. The SMILES string of the molecule is FC(F)c1nc2ccccc2n1-c1nc(Oc2cccc3cccnc23)nc(N2CCOCC2)n1. The largest absolute Gasteiger partial charge is 0.422 e. The first-order chi connectivity index (χ1) is 17.2. The van der Waals surface area contributed by atoms with Crippen molar-refractivity contribution in [1.29, 1.82) is 0 Å². The third-order valence-electron chi connectivity index (χ3n) is 5.66. The molecule has 11 heteroatoms. The summed E-state index contributed by atoms with van der Waals surface area (Å²) in [5, 5.41) is 0.883. The summed E-state index contributed by atoms with van der Waals surface area (Å²) in [6, 6.07) is 16.1. The fourth-order valence-electron chi connectivity index (χ4n) is 4.04. The van der Waals surface area contributed by atoms with E-state index in [1.165, 1.54) is 4.57 Å². The first kappa shape index (κ1) is 21.3. The Morgan fingerprint density at radius 3 is 2.51 bits per heavy atom. The van der Waals surface area contributed by atoms with Gasteiger partial charge in [0.05, 0.1) is 24.2 Å². The molecule has 0 atom stereocenters. The highest BCUT2D eigenvalue weighted by molar-refractivity contribution is 5.84. The van der Waals surface area contributed by atoms with Gasteiger partial charge in [-0.05, 0) is 24.3 Å². The van der Waals surface area contributed by atoms with Crippen molar-refractivity contribution in [3.8, 4) is 17.7 Å². The van der Waals surface area contributed by atoms with Crippen LogP contribution >= 0.6 is 0 Å². The predicted molar refractivity (Wildman–Crippen MR) is 124 cm³/mol. The number of aromatic nitrogens is 6. The standard InChI is InChI=1S/C24H19F2N7O2/c25-20(26)21-28-16-7-1-2-8-17(16)33(21)23-29-22(32-11-13-34-14-12-32)30-24(31-23)35-18-9-3-5-15-6-4-10-27-19(15)18/h1-10,20H,11-14H2. The van der Waals surface area contributed by atoms with Crippen LogP contribution < -0.4 is 9.64 Å². The van der Waals surface area contributed by atoms with Gasteiger partial charge in [-0.3, -0.25) is 9.55 Å². The lowest BCUT2D eigenvalue weighted by atomic mass is 10.2.